The lowest BCUT2D eigenvalue weighted by Crippen LogP contribution is -2.09. The maximum absolute atomic E-state index is 9.23. The topological polar surface area (TPSA) is 47.9 Å². The predicted octanol–water partition coefficient (Wildman–Crippen LogP) is 6.15. The molecule has 0 aromatic carbocycles. The van der Waals surface area contributed by atoms with Crippen molar-refractivity contribution in [1.82, 2.24) is 0 Å². The first-order valence-corrected chi connectivity index (χ1v) is 13.3. The Labute approximate surface area is 193 Å². The van der Waals surface area contributed by atoms with Gasteiger partial charge in [-0.05, 0) is 85.9 Å². The van der Waals surface area contributed by atoms with Gasteiger partial charge < -0.3 is 18.7 Å². The molecule has 4 nitrogen and oxygen atoms in total. The molecule has 3 aliphatic carbocycles. The highest BCUT2D eigenvalue weighted by atomic mass is 31.0. The predicted molar refractivity (Wildman–Crippen MR) is 137 cm³/mol. The van der Waals surface area contributed by atoms with Gasteiger partial charge in [0.1, 0.15) is 0 Å². The normalized spacial score (nSPS) is 40.5. The molecule has 0 amide bonds. The molecule has 30 heavy (non-hydrogen) atoms. The minimum atomic E-state index is -0.0832. The van der Waals surface area contributed by atoms with Crippen LogP contribution in [0.4, 0.5) is 0 Å². The lowest BCUT2D eigenvalue weighted by atomic mass is 10.00. The summed E-state index contributed by atoms with van der Waals surface area (Å²) in [5.74, 6) is 6.38. The summed E-state index contributed by atoms with van der Waals surface area (Å²) < 4.78 is 15.1. The quantitative estimate of drug-likeness (QED) is 0.461. The van der Waals surface area contributed by atoms with Crippen LogP contribution in [0.25, 0.3) is 0 Å². The van der Waals surface area contributed by atoms with Crippen molar-refractivity contribution in [3.8, 4) is 0 Å². The van der Waals surface area contributed by atoms with Crippen molar-refractivity contribution in [2.75, 3.05) is 19.8 Å². The number of aliphatic hydroxyl groups excluding tert-OH is 1. The molecule has 7 heteroatoms. The molecule has 12 atom stereocenters. The zero-order chi connectivity index (χ0) is 22.7. The van der Waals surface area contributed by atoms with Crippen molar-refractivity contribution in [3.05, 3.63) is 0 Å². The summed E-state index contributed by atoms with van der Waals surface area (Å²) in [6, 6.07) is 0. The summed E-state index contributed by atoms with van der Waals surface area (Å²) in [6.07, 6.45) is 7.26. The highest BCUT2D eigenvalue weighted by molar-refractivity contribution is 7.10. The molecule has 180 valence electrons. The van der Waals surface area contributed by atoms with Gasteiger partial charge in [0.15, 0.2) is 0 Å². The number of aliphatic hydroxyl groups is 1. The Morgan fingerprint density at radius 3 is 1.13 bits per heavy atom. The van der Waals surface area contributed by atoms with E-state index in [1.807, 2.05) is 0 Å². The molecule has 1 N–H and O–H groups in total. The molecule has 0 aliphatic heterocycles. The van der Waals surface area contributed by atoms with Crippen LogP contribution in [0.15, 0.2) is 0 Å². The maximum atomic E-state index is 9.23. The van der Waals surface area contributed by atoms with Gasteiger partial charge in [-0.2, -0.15) is 0 Å². The molecule has 0 heterocycles. The van der Waals surface area contributed by atoms with Crippen LogP contribution >= 0.6 is 28.4 Å². The van der Waals surface area contributed by atoms with Crippen LogP contribution in [-0.4, -0.2) is 31.0 Å². The zero-order valence-corrected chi connectivity index (χ0v) is 23.4. The minimum absolute atomic E-state index is 0.0832. The van der Waals surface area contributed by atoms with Gasteiger partial charge in [-0.15, -0.1) is 0 Å². The monoisotopic (exact) mass is 482 g/mol. The van der Waals surface area contributed by atoms with Crippen molar-refractivity contribution in [2.45, 2.75) is 79.2 Å². The summed E-state index contributed by atoms with van der Waals surface area (Å²) in [6.45, 7) is 14.1. The second kappa shape index (κ2) is 15.9. The molecule has 9 unspecified atom stereocenters. The molecular formula is C23H49O4P3. The van der Waals surface area contributed by atoms with Crippen molar-refractivity contribution in [2.24, 2.45) is 47.3 Å². The van der Waals surface area contributed by atoms with Crippen molar-refractivity contribution in [1.29, 1.82) is 0 Å². The first kappa shape index (κ1) is 29.2. The van der Waals surface area contributed by atoms with Gasteiger partial charge in [-0.3, -0.25) is 0 Å². The van der Waals surface area contributed by atoms with Gasteiger partial charge in [0.2, 0.25) is 0 Å². The second-order valence-corrected chi connectivity index (χ2v) is 11.5. The van der Waals surface area contributed by atoms with E-state index in [0.717, 1.165) is 68.2 Å². The van der Waals surface area contributed by atoms with Crippen LogP contribution in [0, 0.1) is 47.3 Å². The average molecular weight is 483 g/mol. The molecule has 3 rings (SSSR count). The van der Waals surface area contributed by atoms with E-state index in [9.17, 15) is 5.11 Å². The lowest BCUT2D eigenvalue weighted by molar-refractivity contribution is 0.170. The molecule has 3 saturated carbocycles. The summed E-state index contributed by atoms with van der Waals surface area (Å²) >= 11 is 0. The van der Waals surface area contributed by atoms with Crippen LogP contribution < -0.4 is 0 Å². The van der Waals surface area contributed by atoms with Gasteiger partial charge in [-0.1, -0.05) is 34.6 Å². The highest BCUT2D eigenvalue weighted by Crippen LogP contribution is 2.37. The fourth-order valence-electron chi connectivity index (χ4n) is 5.71. The summed E-state index contributed by atoms with van der Waals surface area (Å²) in [7, 11) is 6.93. The van der Waals surface area contributed by atoms with E-state index in [0.29, 0.717) is 11.8 Å². The Balaban J connectivity index is 0.000000225. The third kappa shape index (κ3) is 10.8. The van der Waals surface area contributed by atoms with Crippen molar-refractivity contribution in [3.63, 3.8) is 0 Å². The first-order chi connectivity index (χ1) is 14.2. The minimum Gasteiger partial charge on any atom is -0.393 e. The number of hydrogen-bond acceptors (Lipinski definition) is 4. The Morgan fingerprint density at radius 1 is 0.567 bits per heavy atom. The number of rotatable bonds is 6. The van der Waals surface area contributed by atoms with E-state index in [1.54, 1.807) is 0 Å². The number of hydrogen-bond donors (Lipinski definition) is 1. The Kier molecular flexibility index (Phi) is 15.4. The van der Waals surface area contributed by atoms with Crippen LogP contribution in [-0.2, 0) is 13.6 Å². The molecule has 3 fully saturated rings. The van der Waals surface area contributed by atoms with Gasteiger partial charge >= 0.3 is 0 Å². The average Bonchev–Trinajstić information content (AvgIpc) is 3.27. The van der Waals surface area contributed by atoms with Crippen molar-refractivity contribution < 1.29 is 18.7 Å². The zero-order valence-electron chi connectivity index (χ0n) is 20.0. The molecule has 0 radical (unpaired) electrons. The molecule has 0 spiro atoms. The van der Waals surface area contributed by atoms with Gasteiger partial charge in [0.25, 0.3) is 0 Å². The Morgan fingerprint density at radius 2 is 0.900 bits per heavy atom. The third-order valence-corrected chi connectivity index (χ3v) is 8.10. The molecule has 3 aliphatic rings. The summed E-state index contributed by atoms with van der Waals surface area (Å²) in [5.41, 5.74) is 0. The fraction of sp³-hybridized carbons (Fsp3) is 1.00. The lowest BCUT2D eigenvalue weighted by Gasteiger charge is -2.12. The fourth-order valence-corrected chi connectivity index (χ4v) is 6.45. The van der Waals surface area contributed by atoms with Gasteiger partial charge in [0.05, 0.1) is 25.9 Å². The smallest absolute Gasteiger partial charge is 0.0546 e. The van der Waals surface area contributed by atoms with E-state index in [1.165, 1.54) is 25.7 Å². The maximum Gasteiger partial charge on any atom is 0.0546 e. The van der Waals surface area contributed by atoms with Crippen LogP contribution in [0.2, 0.25) is 0 Å². The van der Waals surface area contributed by atoms with E-state index in [2.05, 4.69) is 63.0 Å². The van der Waals surface area contributed by atoms with Crippen LogP contribution in [0.5, 0.6) is 0 Å². The van der Waals surface area contributed by atoms with Crippen LogP contribution in [0.1, 0.15) is 73.1 Å². The van der Waals surface area contributed by atoms with E-state index < -0.39 is 0 Å². The van der Waals surface area contributed by atoms with E-state index in [4.69, 9.17) is 13.6 Å². The van der Waals surface area contributed by atoms with Gasteiger partial charge in [-0.25, -0.2) is 0 Å². The largest absolute Gasteiger partial charge is 0.393 e. The summed E-state index contributed by atoms with van der Waals surface area (Å²) in [5, 5.41) is 9.23. The summed E-state index contributed by atoms with van der Waals surface area (Å²) in [4.78, 5) is 0. The highest BCUT2D eigenvalue weighted by Gasteiger charge is 2.30. The van der Waals surface area contributed by atoms with E-state index in [-0.39, 0.29) is 6.10 Å². The van der Waals surface area contributed by atoms with E-state index >= 15 is 0 Å². The van der Waals surface area contributed by atoms with Gasteiger partial charge in [0, 0.05) is 28.4 Å². The van der Waals surface area contributed by atoms with Crippen molar-refractivity contribution >= 4 is 28.4 Å². The Bertz CT molecular complexity index is 381. The first-order valence-electron chi connectivity index (χ1n) is 11.8. The molecule has 0 saturated heterocycles. The molecule has 0 aromatic heterocycles. The van der Waals surface area contributed by atoms with Crippen LogP contribution in [0.3, 0.4) is 0 Å². The third-order valence-electron chi connectivity index (χ3n) is 7.52. The SMILES string of the molecule is CC1CC(C)[C@@H](COP)C1.CC1CC(C)[C@@H](COP)C1.CC1CC(O)C[C@@H]1COP. The Hall–Kier alpha value is 1.13. The molecule has 0 aromatic rings. The molecule has 0 bridgehead atoms. The standard InChI is InChI=1S/2C8H17OP.C7H15O2P/c2*1-6-3-7(2)8(4-6)5-9-10;1-5-2-7(8)3-6(5)4-9-10/h2*6-8H,3-5,10H2,1-2H3;5-8H,2-4,10H2,1H3/t2*6?,7?,8-;5?,6-,7?/m111/s1. The second-order valence-electron chi connectivity index (χ2n) is 10.5. The molecular weight excluding hydrogens is 433 g/mol.